The summed E-state index contributed by atoms with van der Waals surface area (Å²) in [6.07, 6.45) is 0. The van der Waals surface area contributed by atoms with Crippen molar-refractivity contribution in [1.29, 1.82) is 0 Å². The quantitative estimate of drug-likeness (QED) is 0.751. The van der Waals surface area contributed by atoms with E-state index in [1.54, 1.807) is 16.8 Å². The van der Waals surface area contributed by atoms with Gasteiger partial charge >= 0.3 is 0 Å². The molecule has 1 aromatic carbocycles. The third-order valence-electron chi connectivity index (χ3n) is 2.21. The number of thiazole rings is 1. The number of fused-ring (bicyclic) bond motifs is 1. The van der Waals surface area contributed by atoms with Crippen molar-refractivity contribution in [3.05, 3.63) is 29.8 Å². The highest BCUT2D eigenvalue weighted by Gasteiger charge is 2.08. The SMILES string of the molecule is O=C(CSc1nc2ccccc2s1)Nc1nncs1. The number of rotatable bonds is 4. The fourth-order valence-electron chi connectivity index (χ4n) is 1.42. The van der Waals surface area contributed by atoms with Gasteiger partial charge in [0.15, 0.2) is 4.34 Å². The molecule has 0 radical (unpaired) electrons. The smallest absolute Gasteiger partial charge is 0.236 e. The minimum absolute atomic E-state index is 0.0963. The van der Waals surface area contributed by atoms with Gasteiger partial charge in [-0.3, -0.25) is 10.1 Å². The molecule has 0 aliphatic carbocycles. The molecule has 0 unspecified atom stereocenters. The first kappa shape index (κ1) is 12.5. The van der Waals surface area contributed by atoms with Crippen LogP contribution in [0.4, 0.5) is 5.13 Å². The monoisotopic (exact) mass is 308 g/mol. The zero-order valence-corrected chi connectivity index (χ0v) is 12.0. The first-order valence-corrected chi connectivity index (χ1v) is 8.04. The normalized spacial score (nSPS) is 10.7. The van der Waals surface area contributed by atoms with Crippen molar-refractivity contribution in [2.24, 2.45) is 0 Å². The van der Waals surface area contributed by atoms with Gasteiger partial charge in [0.1, 0.15) is 5.51 Å². The van der Waals surface area contributed by atoms with E-state index in [9.17, 15) is 4.79 Å². The first-order chi connectivity index (χ1) is 9.31. The molecule has 19 heavy (non-hydrogen) atoms. The van der Waals surface area contributed by atoms with E-state index in [0.717, 1.165) is 14.6 Å². The largest absolute Gasteiger partial charge is 0.300 e. The lowest BCUT2D eigenvalue weighted by Gasteiger charge is -1.98. The lowest BCUT2D eigenvalue weighted by atomic mass is 10.3. The second kappa shape index (κ2) is 5.64. The predicted octanol–water partition coefficient (Wildman–Crippen LogP) is 2.88. The van der Waals surface area contributed by atoms with Crippen molar-refractivity contribution < 1.29 is 4.79 Å². The highest BCUT2D eigenvalue weighted by Crippen LogP contribution is 2.29. The molecule has 0 saturated carbocycles. The van der Waals surface area contributed by atoms with E-state index in [2.05, 4.69) is 20.5 Å². The van der Waals surface area contributed by atoms with Gasteiger partial charge in [0, 0.05) is 0 Å². The Hall–Kier alpha value is -1.51. The Kier molecular flexibility index (Phi) is 3.72. The molecular formula is C11H8N4OS3. The van der Waals surface area contributed by atoms with E-state index in [-0.39, 0.29) is 5.91 Å². The molecule has 0 saturated heterocycles. The van der Waals surface area contributed by atoms with Gasteiger partial charge in [0.25, 0.3) is 0 Å². The number of carbonyl (C=O) groups is 1. The van der Waals surface area contributed by atoms with E-state index in [1.807, 2.05) is 24.3 Å². The number of carbonyl (C=O) groups excluding carboxylic acids is 1. The second-order valence-electron chi connectivity index (χ2n) is 3.53. The summed E-state index contributed by atoms with van der Waals surface area (Å²) in [5.41, 5.74) is 2.55. The van der Waals surface area contributed by atoms with E-state index >= 15 is 0 Å². The number of thioether (sulfide) groups is 1. The number of aromatic nitrogens is 3. The van der Waals surface area contributed by atoms with Crippen LogP contribution in [-0.2, 0) is 4.79 Å². The van der Waals surface area contributed by atoms with Gasteiger partial charge < -0.3 is 0 Å². The maximum atomic E-state index is 11.7. The molecular weight excluding hydrogens is 300 g/mol. The zero-order valence-electron chi connectivity index (χ0n) is 9.57. The number of nitrogens with zero attached hydrogens (tertiary/aromatic N) is 3. The molecule has 0 bridgehead atoms. The van der Waals surface area contributed by atoms with E-state index in [4.69, 9.17) is 0 Å². The van der Waals surface area contributed by atoms with Gasteiger partial charge in [-0.15, -0.1) is 21.5 Å². The topological polar surface area (TPSA) is 67.8 Å². The molecule has 1 N–H and O–H groups in total. The Morgan fingerprint density at radius 2 is 2.26 bits per heavy atom. The zero-order chi connectivity index (χ0) is 13.1. The van der Waals surface area contributed by atoms with Crippen LogP contribution in [0.15, 0.2) is 34.1 Å². The number of hydrogen-bond acceptors (Lipinski definition) is 7. The molecule has 1 amide bonds. The van der Waals surface area contributed by atoms with Crippen molar-refractivity contribution >= 4 is 55.7 Å². The Labute approximate surface area is 121 Å². The molecule has 96 valence electrons. The molecule has 5 nitrogen and oxygen atoms in total. The summed E-state index contributed by atoms with van der Waals surface area (Å²) in [6, 6.07) is 7.94. The van der Waals surface area contributed by atoms with Crippen LogP contribution < -0.4 is 5.32 Å². The number of nitrogens with one attached hydrogen (secondary N) is 1. The van der Waals surface area contributed by atoms with Crippen molar-refractivity contribution in [3.8, 4) is 0 Å². The second-order valence-corrected chi connectivity index (χ2v) is 6.61. The van der Waals surface area contributed by atoms with E-state index < -0.39 is 0 Å². The van der Waals surface area contributed by atoms with Gasteiger partial charge in [-0.1, -0.05) is 35.2 Å². The average molecular weight is 308 g/mol. The predicted molar refractivity (Wildman–Crippen MR) is 78.9 cm³/mol. The van der Waals surface area contributed by atoms with Gasteiger partial charge in [0.05, 0.1) is 16.0 Å². The van der Waals surface area contributed by atoms with Gasteiger partial charge in [-0.25, -0.2) is 4.98 Å². The maximum Gasteiger partial charge on any atom is 0.236 e. The number of anilines is 1. The number of benzene rings is 1. The molecule has 2 aromatic heterocycles. The van der Waals surface area contributed by atoms with Crippen molar-refractivity contribution in [2.75, 3.05) is 11.1 Å². The fourth-order valence-corrected chi connectivity index (χ4v) is 3.75. The van der Waals surface area contributed by atoms with Crippen LogP contribution in [0, 0.1) is 0 Å². The van der Waals surface area contributed by atoms with Crippen LogP contribution in [0.2, 0.25) is 0 Å². The van der Waals surface area contributed by atoms with Crippen molar-refractivity contribution in [2.45, 2.75) is 4.34 Å². The van der Waals surface area contributed by atoms with Crippen LogP contribution in [0.3, 0.4) is 0 Å². The lowest BCUT2D eigenvalue weighted by molar-refractivity contribution is -0.113. The average Bonchev–Trinajstić information content (AvgIpc) is 3.04. The number of para-hydroxylation sites is 1. The van der Waals surface area contributed by atoms with E-state index in [0.29, 0.717) is 10.9 Å². The Morgan fingerprint density at radius 3 is 3.05 bits per heavy atom. The van der Waals surface area contributed by atoms with Gasteiger partial charge in [0.2, 0.25) is 11.0 Å². The first-order valence-electron chi connectivity index (χ1n) is 5.35. The molecule has 0 fully saturated rings. The van der Waals surface area contributed by atoms with Crippen LogP contribution in [-0.4, -0.2) is 26.8 Å². The number of amides is 1. The Morgan fingerprint density at radius 1 is 1.37 bits per heavy atom. The molecule has 3 rings (SSSR count). The number of hydrogen-bond donors (Lipinski definition) is 1. The maximum absolute atomic E-state index is 11.7. The molecule has 0 spiro atoms. The summed E-state index contributed by atoms with van der Waals surface area (Å²) < 4.78 is 2.03. The third-order valence-corrected chi connectivity index (χ3v) is 4.99. The van der Waals surface area contributed by atoms with Gasteiger partial charge in [-0.2, -0.15) is 0 Å². The molecule has 8 heteroatoms. The minimum Gasteiger partial charge on any atom is -0.300 e. The molecule has 0 aliphatic rings. The van der Waals surface area contributed by atoms with Crippen LogP contribution >= 0.6 is 34.4 Å². The molecule has 0 aliphatic heterocycles. The summed E-state index contributed by atoms with van der Waals surface area (Å²) in [4.78, 5) is 16.1. The van der Waals surface area contributed by atoms with Crippen LogP contribution in [0.5, 0.6) is 0 Å². The highest BCUT2D eigenvalue weighted by atomic mass is 32.2. The van der Waals surface area contributed by atoms with Gasteiger partial charge in [-0.05, 0) is 12.1 Å². The highest BCUT2D eigenvalue weighted by molar-refractivity contribution is 8.01. The van der Waals surface area contributed by atoms with Crippen LogP contribution in [0.1, 0.15) is 0 Å². The summed E-state index contributed by atoms with van der Waals surface area (Å²) in [7, 11) is 0. The lowest BCUT2D eigenvalue weighted by Crippen LogP contribution is -2.13. The van der Waals surface area contributed by atoms with E-state index in [1.165, 1.54) is 23.1 Å². The van der Waals surface area contributed by atoms with Crippen LogP contribution in [0.25, 0.3) is 10.2 Å². The minimum atomic E-state index is -0.0963. The fraction of sp³-hybridized carbons (Fsp3) is 0.0909. The van der Waals surface area contributed by atoms with Crippen molar-refractivity contribution in [3.63, 3.8) is 0 Å². The summed E-state index contributed by atoms with van der Waals surface area (Å²) in [5.74, 6) is 0.223. The third kappa shape index (κ3) is 3.09. The molecule has 3 aromatic rings. The molecule has 0 atom stereocenters. The summed E-state index contributed by atoms with van der Waals surface area (Å²) >= 11 is 4.32. The standard InChI is InChI=1S/C11H8N4OS3/c16-9(14-10-15-12-6-18-10)5-17-11-13-7-3-1-2-4-8(7)19-11/h1-4,6H,5H2,(H,14,15,16). The van der Waals surface area contributed by atoms with Crippen molar-refractivity contribution in [1.82, 2.24) is 15.2 Å². The summed E-state index contributed by atoms with van der Waals surface area (Å²) in [5, 5.41) is 10.6. The Bertz CT molecular complexity index is 662. The Balaban J connectivity index is 1.61. The molecule has 2 heterocycles. The summed E-state index contributed by atoms with van der Waals surface area (Å²) in [6.45, 7) is 0.